The Morgan fingerprint density at radius 3 is 2.10 bits per heavy atom. The molecule has 1 amide bonds. The molecule has 1 aliphatic heterocycles. The Morgan fingerprint density at radius 2 is 1.45 bits per heavy atom. The number of hydrogen-bond donors (Lipinski definition) is 0. The standard InChI is InChI=1S/C31H28F6N4O/c1-39-10-12-41(13-11-39)28-17-26(25-9-5-7-21-6-3-4-8-24(21)25)27(18-38-28)29(42)40(2)19-20-14-22(30(32,33)34)16-23(15-20)31(35,36)37/h3-9,14-18H,10-13,19H2,1-2H3. The van der Waals surface area contributed by atoms with Gasteiger partial charge in [0.15, 0.2) is 0 Å². The molecule has 0 aliphatic carbocycles. The highest BCUT2D eigenvalue weighted by Crippen LogP contribution is 2.37. The van der Waals surface area contributed by atoms with Crippen molar-refractivity contribution in [2.75, 3.05) is 45.2 Å². The van der Waals surface area contributed by atoms with Crippen LogP contribution in [0.2, 0.25) is 0 Å². The molecule has 220 valence electrons. The van der Waals surface area contributed by atoms with Crippen molar-refractivity contribution in [2.45, 2.75) is 18.9 Å². The third-order valence-corrected chi connectivity index (χ3v) is 7.44. The summed E-state index contributed by atoms with van der Waals surface area (Å²) >= 11 is 0. The van der Waals surface area contributed by atoms with Crippen molar-refractivity contribution in [2.24, 2.45) is 0 Å². The van der Waals surface area contributed by atoms with E-state index in [2.05, 4.69) is 14.8 Å². The molecule has 2 heterocycles. The van der Waals surface area contributed by atoms with Gasteiger partial charge in [-0.2, -0.15) is 26.3 Å². The van der Waals surface area contributed by atoms with Crippen LogP contribution in [0.1, 0.15) is 27.0 Å². The zero-order chi connectivity index (χ0) is 30.2. The fourth-order valence-electron chi connectivity index (χ4n) is 5.17. The molecular formula is C31H28F6N4O. The zero-order valence-corrected chi connectivity index (χ0v) is 22.9. The zero-order valence-electron chi connectivity index (χ0n) is 22.9. The quantitative estimate of drug-likeness (QED) is 0.237. The van der Waals surface area contributed by atoms with Crippen LogP contribution in [0.3, 0.4) is 0 Å². The van der Waals surface area contributed by atoms with E-state index < -0.39 is 35.9 Å². The van der Waals surface area contributed by atoms with Gasteiger partial charge in [0.2, 0.25) is 0 Å². The summed E-state index contributed by atoms with van der Waals surface area (Å²) in [5.74, 6) is 0.0965. The fourth-order valence-corrected chi connectivity index (χ4v) is 5.17. The van der Waals surface area contributed by atoms with Gasteiger partial charge in [-0.1, -0.05) is 42.5 Å². The number of hydrogen-bond acceptors (Lipinski definition) is 4. The van der Waals surface area contributed by atoms with E-state index in [1.54, 1.807) is 0 Å². The van der Waals surface area contributed by atoms with E-state index in [9.17, 15) is 31.1 Å². The second-order valence-electron chi connectivity index (χ2n) is 10.5. The molecular weight excluding hydrogens is 558 g/mol. The molecule has 1 aromatic heterocycles. The number of rotatable bonds is 5. The van der Waals surface area contributed by atoms with Crippen molar-refractivity contribution >= 4 is 22.5 Å². The number of carbonyl (C=O) groups is 1. The SMILES string of the molecule is CN1CCN(c2cc(-c3cccc4ccccc34)c(C(=O)N(C)Cc3cc(C(F)(F)F)cc(C(F)(F)F)c3)cn2)CC1. The smallest absolute Gasteiger partial charge is 0.354 e. The summed E-state index contributed by atoms with van der Waals surface area (Å²) in [4.78, 5) is 23.8. The Bertz CT molecular complexity index is 1570. The third-order valence-electron chi connectivity index (χ3n) is 7.44. The van der Waals surface area contributed by atoms with Gasteiger partial charge in [-0.05, 0) is 53.2 Å². The lowest BCUT2D eigenvalue weighted by Gasteiger charge is -2.33. The lowest BCUT2D eigenvalue weighted by atomic mass is 9.95. The molecule has 0 saturated carbocycles. The first-order chi connectivity index (χ1) is 19.8. The number of benzene rings is 3. The molecule has 1 fully saturated rings. The number of carbonyl (C=O) groups excluding carboxylic acids is 1. The highest BCUT2D eigenvalue weighted by molar-refractivity contribution is 6.06. The second-order valence-corrected chi connectivity index (χ2v) is 10.5. The minimum absolute atomic E-state index is 0.0743. The van der Waals surface area contributed by atoms with Gasteiger partial charge in [0.25, 0.3) is 5.91 Å². The number of likely N-dealkylation sites (N-methyl/N-ethyl adjacent to an activating group) is 1. The van der Waals surface area contributed by atoms with Gasteiger partial charge in [0.05, 0.1) is 16.7 Å². The predicted octanol–water partition coefficient (Wildman–Crippen LogP) is 6.96. The van der Waals surface area contributed by atoms with Gasteiger partial charge in [0, 0.05) is 51.5 Å². The van der Waals surface area contributed by atoms with Crippen LogP contribution < -0.4 is 4.90 Å². The number of halogens is 6. The highest BCUT2D eigenvalue weighted by atomic mass is 19.4. The molecule has 1 aliphatic rings. The van der Waals surface area contributed by atoms with Crippen molar-refractivity contribution in [1.82, 2.24) is 14.8 Å². The van der Waals surface area contributed by atoms with Crippen molar-refractivity contribution in [3.8, 4) is 11.1 Å². The molecule has 0 radical (unpaired) electrons. The number of amides is 1. The lowest BCUT2D eigenvalue weighted by Crippen LogP contribution is -2.44. The lowest BCUT2D eigenvalue weighted by molar-refractivity contribution is -0.143. The molecule has 0 unspecified atom stereocenters. The molecule has 4 aromatic rings. The molecule has 42 heavy (non-hydrogen) atoms. The van der Waals surface area contributed by atoms with Crippen molar-refractivity contribution in [1.29, 1.82) is 0 Å². The van der Waals surface area contributed by atoms with E-state index >= 15 is 0 Å². The first-order valence-corrected chi connectivity index (χ1v) is 13.3. The summed E-state index contributed by atoms with van der Waals surface area (Å²) in [7, 11) is 3.38. The van der Waals surface area contributed by atoms with Gasteiger partial charge < -0.3 is 14.7 Å². The molecule has 11 heteroatoms. The number of piperazine rings is 1. The van der Waals surface area contributed by atoms with E-state index in [0.717, 1.165) is 47.4 Å². The monoisotopic (exact) mass is 586 g/mol. The molecule has 0 N–H and O–H groups in total. The Hall–Kier alpha value is -4.12. The molecule has 5 nitrogen and oxygen atoms in total. The molecule has 5 rings (SSSR count). The Labute approximate surface area is 239 Å². The number of aromatic nitrogens is 1. The molecule has 0 spiro atoms. The number of fused-ring (bicyclic) bond motifs is 1. The first-order valence-electron chi connectivity index (χ1n) is 13.3. The predicted molar refractivity (Wildman–Crippen MR) is 149 cm³/mol. The second kappa shape index (κ2) is 11.3. The first kappa shape index (κ1) is 29.4. The minimum Gasteiger partial charge on any atom is -0.354 e. The summed E-state index contributed by atoms with van der Waals surface area (Å²) in [6.07, 6.45) is -8.52. The van der Waals surface area contributed by atoms with E-state index in [1.165, 1.54) is 13.2 Å². The van der Waals surface area contributed by atoms with Gasteiger partial charge in [-0.3, -0.25) is 4.79 Å². The summed E-state index contributed by atoms with van der Waals surface area (Å²) in [6.45, 7) is 2.68. The third kappa shape index (κ3) is 6.20. The van der Waals surface area contributed by atoms with E-state index in [1.807, 2.05) is 55.6 Å². The van der Waals surface area contributed by atoms with Crippen LogP contribution in [0.5, 0.6) is 0 Å². The van der Waals surface area contributed by atoms with Crippen LogP contribution in [0.25, 0.3) is 21.9 Å². The normalized spacial score (nSPS) is 14.8. The minimum atomic E-state index is -4.98. The van der Waals surface area contributed by atoms with Crippen molar-refractivity contribution in [3.05, 3.63) is 95.2 Å². The van der Waals surface area contributed by atoms with Crippen LogP contribution in [0.15, 0.2) is 72.9 Å². The summed E-state index contributed by atoms with van der Waals surface area (Å²) in [5, 5.41) is 1.84. The number of alkyl halides is 6. The Kier molecular flexibility index (Phi) is 7.89. The summed E-state index contributed by atoms with van der Waals surface area (Å²) in [6, 6.07) is 16.5. The van der Waals surface area contributed by atoms with Crippen molar-refractivity contribution in [3.63, 3.8) is 0 Å². The Balaban J connectivity index is 1.55. The van der Waals surface area contributed by atoms with Crippen LogP contribution in [-0.4, -0.2) is 61.0 Å². The maximum atomic E-state index is 13.8. The van der Waals surface area contributed by atoms with Crippen LogP contribution in [0, 0.1) is 0 Å². The average molecular weight is 587 g/mol. The van der Waals surface area contributed by atoms with Gasteiger partial charge in [0.1, 0.15) is 5.82 Å². The number of anilines is 1. The maximum absolute atomic E-state index is 13.8. The summed E-state index contributed by atoms with van der Waals surface area (Å²) in [5.41, 5.74) is -1.62. The largest absolute Gasteiger partial charge is 0.416 e. The molecule has 1 saturated heterocycles. The average Bonchev–Trinajstić information content (AvgIpc) is 2.95. The molecule has 3 aromatic carbocycles. The van der Waals surface area contributed by atoms with E-state index in [4.69, 9.17) is 0 Å². The van der Waals surface area contributed by atoms with Gasteiger partial charge in [-0.15, -0.1) is 0 Å². The fraction of sp³-hybridized carbons (Fsp3) is 0.290. The van der Waals surface area contributed by atoms with E-state index in [-0.39, 0.29) is 17.2 Å². The highest BCUT2D eigenvalue weighted by Gasteiger charge is 2.37. The Morgan fingerprint density at radius 1 is 0.833 bits per heavy atom. The molecule has 0 bridgehead atoms. The number of pyridine rings is 1. The number of nitrogens with zero attached hydrogens (tertiary/aromatic N) is 4. The topological polar surface area (TPSA) is 39.7 Å². The van der Waals surface area contributed by atoms with E-state index in [0.29, 0.717) is 23.5 Å². The van der Waals surface area contributed by atoms with Crippen LogP contribution in [-0.2, 0) is 18.9 Å². The van der Waals surface area contributed by atoms with Gasteiger partial charge >= 0.3 is 12.4 Å². The molecule has 0 atom stereocenters. The van der Waals surface area contributed by atoms with Crippen LogP contribution in [0.4, 0.5) is 32.2 Å². The summed E-state index contributed by atoms with van der Waals surface area (Å²) < 4.78 is 80.5. The maximum Gasteiger partial charge on any atom is 0.416 e. The van der Waals surface area contributed by atoms with Gasteiger partial charge in [-0.25, -0.2) is 4.98 Å². The van der Waals surface area contributed by atoms with Crippen molar-refractivity contribution < 1.29 is 31.1 Å². The van der Waals surface area contributed by atoms with Crippen LogP contribution >= 0.6 is 0 Å².